The second-order valence-electron chi connectivity index (χ2n) is 6.45. The number of halogens is 1. The summed E-state index contributed by atoms with van der Waals surface area (Å²) in [5.74, 6) is -0.180. The Hall–Kier alpha value is -2.88. The molecule has 4 aromatic rings. The van der Waals surface area contributed by atoms with E-state index >= 15 is 0 Å². The molecule has 0 unspecified atom stereocenters. The fourth-order valence-electron chi connectivity index (χ4n) is 3.01. The van der Waals surface area contributed by atoms with Crippen LogP contribution in [0.3, 0.4) is 0 Å². The van der Waals surface area contributed by atoms with Gasteiger partial charge in [-0.2, -0.15) is 0 Å². The number of hydrogen-bond donors (Lipinski definition) is 2. The number of carbonyl (C=O) groups excluding carboxylic acids is 1. The van der Waals surface area contributed by atoms with E-state index in [0.29, 0.717) is 22.4 Å². The third kappa shape index (κ3) is 4.48. The Morgan fingerprint density at radius 2 is 1.93 bits per heavy atom. The van der Waals surface area contributed by atoms with E-state index in [2.05, 4.69) is 15.0 Å². The SMILES string of the molecule is O=C(CCn1ccc2cccc(Cl)c21)Nc1ccc(S(=O)(=O)Nc2nccs2)cc1. The number of rotatable bonds is 7. The van der Waals surface area contributed by atoms with E-state index < -0.39 is 10.0 Å². The number of aryl methyl sites for hydroxylation is 1. The lowest BCUT2D eigenvalue weighted by atomic mass is 10.2. The molecule has 0 atom stereocenters. The molecule has 2 heterocycles. The molecule has 0 aliphatic carbocycles. The number of nitrogens with one attached hydrogen (secondary N) is 2. The molecular weight excluding hydrogens is 444 g/mol. The summed E-state index contributed by atoms with van der Waals surface area (Å²) in [6, 6.07) is 13.6. The number of anilines is 2. The smallest absolute Gasteiger partial charge is 0.263 e. The highest BCUT2D eigenvalue weighted by molar-refractivity contribution is 7.93. The van der Waals surface area contributed by atoms with Crippen molar-refractivity contribution in [2.24, 2.45) is 0 Å². The molecule has 0 saturated carbocycles. The summed E-state index contributed by atoms with van der Waals surface area (Å²) in [5.41, 5.74) is 1.41. The summed E-state index contributed by atoms with van der Waals surface area (Å²) in [6.07, 6.45) is 3.67. The molecule has 0 aliphatic heterocycles. The largest absolute Gasteiger partial charge is 0.346 e. The highest BCUT2D eigenvalue weighted by atomic mass is 35.5. The lowest BCUT2D eigenvalue weighted by molar-refractivity contribution is -0.116. The molecule has 0 radical (unpaired) electrons. The van der Waals surface area contributed by atoms with E-state index in [1.54, 1.807) is 17.5 Å². The maximum Gasteiger partial charge on any atom is 0.263 e. The molecule has 4 rings (SSSR count). The number of para-hydroxylation sites is 1. The summed E-state index contributed by atoms with van der Waals surface area (Å²) in [5, 5.41) is 6.42. The van der Waals surface area contributed by atoms with Gasteiger partial charge in [0.15, 0.2) is 5.13 Å². The van der Waals surface area contributed by atoms with Gasteiger partial charge in [-0.1, -0.05) is 23.7 Å². The predicted octanol–water partition coefficient (Wildman–Crippen LogP) is 4.58. The molecule has 7 nitrogen and oxygen atoms in total. The monoisotopic (exact) mass is 460 g/mol. The van der Waals surface area contributed by atoms with Gasteiger partial charge in [0.25, 0.3) is 10.0 Å². The zero-order chi connectivity index (χ0) is 21.1. The third-order valence-corrected chi connectivity index (χ3v) is 6.90. The minimum Gasteiger partial charge on any atom is -0.346 e. The van der Waals surface area contributed by atoms with Crippen LogP contribution in [0.15, 0.2) is 71.2 Å². The summed E-state index contributed by atoms with van der Waals surface area (Å²) >= 11 is 7.46. The highest BCUT2D eigenvalue weighted by Gasteiger charge is 2.15. The van der Waals surface area contributed by atoms with Crippen molar-refractivity contribution in [2.45, 2.75) is 17.9 Å². The molecule has 0 spiro atoms. The summed E-state index contributed by atoms with van der Waals surface area (Å²) < 4.78 is 29.1. The lowest BCUT2D eigenvalue weighted by Crippen LogP contribution is -2.15. The van der Waals surface area contributed by atoms with Crippen molar-refractivity contribution in [1.29, 1.82) is 0 Å². The Labute approximate surface area is 182 Å². The molecule has 154 valence electrons. The lowest BCUT2D eigenvalue weighted by Gasteiger charge is -2.09. The van der Waals surface area contributed by atoms with Gasteiger partial charge in [-0.3, -0.25) is 9.52 Å². The maximum absolute atomic E-state index is 12.4. The standard InChI is InChI=1S/C20H17ClN4O3S2/c21-17-3-1-2-14-8-11-25(19(14)17)12-9-18(26)23-15-4-6-16(7-5-15)30(27,28)24-20-22-10-13-29-20/h1-8,10-11,13H,9,12H2,(H,22,24)(H,23,26). The van der Waals surface area contributed by atoms with E-state index in [0.717, 1.165) is 10.9 Å². The zero-order valence-corrected chi connectivity index (χ0v) is 18.0. The van der Waals surface area contributed by atoms with Crippen LogP contribution in [0, 0.1) is 0 Å². The van der Waals surface area contributed by atoms with Crippen LogP contribution in [0.25, 0.3) is 10.9 Å². The van der Waals surface area contributed by atoms with Crippen LogP contribution in [0.1, 0.15) is 6.42 Å². The molecule has 0 saturated heterocycles. The van der Waals surface area contributed by atoms with Crippen molar-refractivity contribution in [3.63, 3.8) is 0 Å². The zero-order valence-electron chi connectivity index (χ0n) is 15.6. The highest BCUT2D eigenvalue weighted by Crippen LogP contribution is 2.25. The van der Waals surface area contributed by atoms with Gasteiger partial charge in [-0.15, -0.1) is 11.3 Å². The molecule has 2 aromatic carbocycles. The number of amides is 1. The van der Waals surface area contributed by atoms with E-state index in [1.807, 2.05) is 35.0 Å². The number of fused-ring (bicyclic) bond motifs is 1. The second kappa shape index (κ2) is 8.47. The van der Waals surface area contributed by atoms with Crippen molar-refractivity contribution in [1.82, 2.24) is 9.55 Å². The van der Waals surface area contributed by atoms with Crippen molar-refractivity contribution in [2.75, 3.05) is 10.0 Å². The Kier molecular flexibility index (Phi) is 5.76. The first kappa shape index (κ1) is 20.4. The van der Waals surface area contributed by atoms with Crippen LogP contribution < -0.4 is 10.0 Å². The quantitative estimate of drug-likeness (QED) is 0.422. The Morgan fingerprint density at radius 1 is 1.13 bits per heavy atom. The van der Waals surface area contributed by atoms with Gasteiger partial charge in [0.1, 0.15) is 0 Å². The van der Waals surface area contributed by atoms with Crippen molar-refractivity contribution >= 4 is 60.6 Å². The molecule has 2 N–H and O–H groups in total. The normalized spacial score (nSPS) is 11.5. The van der Waals surface area contributed by atoms with Gasteiger partial charge >= 0.3 is 0 Å². The summed E-state index contributed by atoms with van der Waals surface area (Å²) in [4.78, 5) is 16.3. The van der Waals surface area contributed by atoms with E-state index in [-0.39, 0.29) is 17.2 Å². The van der Waals surface area contributed by atoms with E-state index in [4.69, 9.17) is 11.6 Å². The first-order valence-electron chi connectivity index (χ1n) is 8.98. The number of aromatic nitrogens is 2. The summed E-state index contributed by atoms with van der Waals surface area (Å²) in [7, 11) is -3.72. The molecule has 30 heavy (non-hydrogen) atoms. The van der Waals surface area contributed by atoms with Gasteiger partial charge in [-0.25, -0.2) is 13.4 Å². The first-order chi connectivity index (χ1) is 14.4. The Balaban J connectivity index is 1.38. The Morgan fingerprint density at radius 3 is 2.67 bits per heavy atom. The summed E-state index contributed by atoms with van der Waals surface area (Å²) in [6.45, 7) is 0.475. The van der Waals surface area contributed by atoms with Crippen LogP contribution in [0.4, 0.5) is 10.8 Å². The average molecular weight is 461 g/mol. The number of carbonyl (C=O) groups is 1. The number of thiazole rings is 1. The molecule has 0 bridgehead atoms. The van der Waals surface area contributed by atoms with E-state index in [9.17, 15) is 13.2 Å². The molecule has 10 heteroatoms. The van der Waals surface area contributed by atoms with Crippen LogP contribution in [-0.4, -0.2) is 23.9 Å². The topological polar surface area (TPSA) is 93.1 Å². The predicted molar refractivity (Wildman–Crippen MR) is 120 cm³/mol. The maximum atomic E-state index is 12.4. The van der Waals surface area contributed by atoms with Gasteiger partial charge < -0.3 is 9.88 Å². The second-order valence-corrected chi connectivity index (χ2v) is 9.44. The van der Waals surface area contributed by atoms with Gasteiger partial charge in [0.2, 0.25) is 5.91 Å². The number of nitrogens with zero attached hydrogens (tertiary/aromatic N) is 2. The fourth-order valence-corrected chi connectivity index (χ4v) is 5.09. The van der Waals surface area contributed by atoms with Crippen LogP contribution in [-0.2, 0) is 21.4 Å². The van der Waals surface area contributed by atoms with Crippen molar-refractivity contribution in [3.8, 4) is 0 Å². The number of benzene rings is 2. The number of sulfonamides is 1. The molecule has 1 amide bonds. The van der Waals surface area contributed by atoms with Gasteiger partial charge in [0.05, 0.1) is 15.4 Å². The third-order valence-electron chi connectivity index (χ3n) is 4.42. The van der Waals surface area contributed by atoms with Crippen LogP contribution in [0.2, 0.25) is 5.02 Å². The first-order valence-corrected chi connectivity index (χ1v) is 11.7. The van der Waals surface area contributed by atoms with E-state index in [1.165, 1.54) is 29.7 Å². The molecular formula is C20H17ClN4O3S2. The fraction of sp³-hybridized carbons (Fsp3) is 0.100. The van der Waals surface area contributed by atoms with Gasteiger partial charge in [0, 0.05) is 41.8 Å². The number of hydrogen-bond acceptors (Lipinski definition) is 5. The average Bonchev–Trinajstić information content (AvgIpc) is 3.37. The van der Waals surface area contributed by atoms with Gasteiger partial charge in [-0.05, 0) is 36.4 Å². The molecule has 0 fully saturated rings. The molecule has 0 aliphatic rings. The van der Waals surface area contributed by atoms with Crippen molar-refractivity contribution in [3.05, 3.63) is 71.3 Å². The van der Waals surface area contributed by atoms with Crippen LogP contribution >= 0.6 is 22.9 Å². The van der Waals surface area contributed by atoms with Crippen LogP contribution in [0.5, 0.6) is 0 Å². The Bertz CT molecular complexity index is 1280. The minimum atomic E-state index is -3.72. The molecule has 2 aromatic heterocycles. The van der Waals surface area contributed by atoms with Crippen molar-refractivity contribution < 1.29 is 13.2 Å². The minimum absolute atomic E-state index is 0.0872.